The molecule has 1 aliphatic rings. The number of benzene rings is 2. The SMILES string of the molecule is Oc1ccc(CCCN2CCN(Cc3ccccc3)CC2)cc1. The lowest BCUT2D eigenvalue weighted by Gasteiger charge is -2.34. The van der Waals surface area contributed by atoms with Crippen LogP contribution in [0.25, 0.3) is 0 Å². The van der Waals surface area contributed by atoms with Gasteiger partial charge in [-0.25, -0.2) is 0 Å². The fourth-order valence-electron chi connectivity index (χ4n) is 3.18. The largest absolute Gasteiger partial charge is 0.508 e. The standard InChI is InChI=1S/C20H26N2O/c23-20-10-8-18(9-11-20)7-4-12-21-13-15-22(16-14-21)17-19-5-2-1-3-6-19/h1-3,5-6,8-11,23H,4,7,12-17H2. The summed E-state index contributed by atoms with van der Waals surface area (Å²) >= 11 is 0. The lowest BCUT2D eigenvalue weighted by Crippen LogP contribution is -2.46. The Morgan fingerprint density at radius 1 is 0.739 bits per heavy atom. The van der Waals surface area contributed by atoms with Crippen LogP contribution >= 0.6 is 0 Å². The zero-order chi connectivity index (χ0) is 15.9. The van der Waals surface area contributed by atoms with E-state index in [1.807, 2.05) is 12.1 Å². The van der Waals surface area contributed by atoms with Crippen molar-refractivity contribution >= 4 is 0 Å². The lowest BCUT2D eigenvalue weighted by atomic mass is 10.1. The second kappa shape index (κ2) is 8.14. The van der Waals surface area contributed by atoms with Gasteiger partial charge in [-0.15, -0.1) is 0 Å². The third-order valence-electron chi connectivity index (χ3n) is 4.59. The van der Waals surface area contributed by atoms with Crippen molar-refractivity contribution in [1.29, 1.82) is 0 Å². The highest BCUT2D eigenvalue weighted by molar-refractivity contribution is 5.25. The summed E-state index contributed by atoms with van der Waals surface area (Å²) in [6.07, 6.45) is 2.27. The Bertz CT molecular complexity index is 574. The molecule has 0 saturated carbocycles. The van der Waals surface area contributed by atoms with Crippen LogP contribution in [-0.4, -0.2) is 47.6 Å². The first kappa shape index (κ1) is 16.0. The molecular formula is C20H26N2O. The third kappa shape index (κ3) is 5.08. The third-order valence-corrected chi connectivity index (χ3v) is 4.59. The molecule has 1 aliphatic heterocycles. The molecule has 0 spiro atoms. The fourth-order valence-corrected chi connectivity index (χ4v) is 3.18. The first-order valence-electron chi connectivity index (χ1n) is 8.56. The van der Waals surface area contributed by atoms with Crippen LogP contribution in [-0.2, 0) is 13.0 Å². The maximum atomic E-state index is 9.30. The Balaban J connectivity index is 1.35. The van der Waals surface area contributed by atoms with E-state index in [9.17, 15) is 5.11 Å². The summed E-state index contributed by atoms with van der Waals surface area (Å²) in [5, 5.41) is 9.30. The Hall–Kier alpha value is -1.84. The van der Waals surface area contributed by atoms with Crippen LogP contribution in [0.4, 0.5) is 0 Å². The number of piperazine rings is 1. The summed E-state index contributed by atoms with van der Waals surface area (Å²) in [5.74, 6) is 0.350. The van der Waals surface area contributed by atoms with Gasteiger partial charge in [-0.3, -0.25) is 4.90 Å². The topological polar surface area (TPSA) is 26.7 Å². The van der Waals surface area contributed by atoms with Crippen LogP contribution < -0.4 is 0 Å². The predicted octanol–water partition coefficient (Wildman–Crippen LogP) is 3.14. The van der Waals surface area contributed by atoms with Crippen molar-refractivity contribution in [2.24, 2.45) is 0 Å². The van der Waals surface area contributed by atoms with Gasteiger partial charge in [-0.1, -0.05) is 42.5 Å². The van der Waals surface area contributed by atoms with Gasteiger partial charge in [0.1, 0.15) is 5.75 Å². The minimum Gasteiger partial charge on any atom is -0.508 e. The average molecular weight is 310 g/mol. The van der Waals surface area contributed by atoms with Crippen molar-refractivity contribution in [3.63, 3.8) is 0 Å². The molecule has 3 nitrogen and oxygen atoms in total. The summed E-state index contributed by atoms with van der Waals surface area (Å²) in [6, 6.07) is 18.3. The molecule has 0 radical (unpaired) electrons. The lowest BCUT2D eigenvalue weighted by molar-refractivity contribution is 0.126. The zero-order valence-corrected chi connectivity index (χ0v) is 13.7. The number of aryl methyl sites for hydroxylation is 1. The molecular weight excluding hydrogens is 284 g/mol. The first-order valence-corrected chi connectivity index (χ1v) is 8.56. The highest BCUT2D eigenvalue weighted by atomic mass is 16.3. The highest BCUT2D eigenvalue weighted by Gasteiger charge is 2.16. The number of phenolic OH excluding ortho intramolecular Hbond substituents is 1. The molecule has 3 rings (SSSR count). The maximum Gasteiger partial charge on any atom is 0.115 e. The number of phenols is 1. The number of rotatable bonds is 6. The molecule has 1 saturated heterocycles. The van der Waals surface area contributed by atoms with E-state index in [1.54, 1.807) is 12.1 Å². The summed E-state index contributed by atoms with van der Waals surface area (Å²) in [5.41, 5.74) is 2.72. The van der Waals surface area contributed by atoms with E-state index < -0.39 is 0 Å². The average Bonchev–Trinajstić information content (AvgIpc) is 2.59. The predicted molar refractivity (Wildman–Crippen MR) is 94.6 cm³/mol. The van der Waals surface area contributed by atoms with E-state index >= 15 is 0 Å². The van der Waals surface area contributed by atoms with Crippen molar-refractivity contribution in [2.45, 2.75) is 19.4 Å². The van der Waals surface area contributed by atoms with Crippen LogP contribution in [0.2, 0.25) is 0 Å². The summed E-state index contributed by atoms with van der Waals surface area (Å²) in [4.78, 5) is 5.12. The smallest absolute Gasteiger partial charge is 0.115 e. The number of hydrogen-bond acceptors (Lipinski definition) is 3. The van der Waals surface area contributed by atoms with Gasteiger partial charge >= 0.3 is 0 Å². The van der Waals surface area contributed by atoms with Gasteiger partial charge in [-0.2, -0.15) is 0 Å². The van der Waals surface area contributed by atoms with Crippen molar-refractivity contribution in [1.82, 2.24) is 9.80 Å². The molecule has 3 heteroatoms. The minimum absolute atomic E-state index is 0.350. The van der Waals surface area contributed by atoms with E-state index in [4.69, 9.17) is 0 Å². The zero-order valence-electron chi connectivity index (χ0n) is 13.7. The molecule has 0 unspecified atom stereocenters. The van der Waals surface area contributed by atoms with Crippen molar-refractivity contribution in [2.75, 3.05) is 32.7 Å². The van der Waals surface area contributed by atoms with Crippen LogP contribution in [0.5, 0.6) is 5.75 Å². The summed E-state index contributed by atoms with van der Waals surface area (Å²) in [7, 11) is 0. The van der Waals surface area contributed by atoms with E-state index in [-0.39, 0.29) is 0 Å². The Morgan fingerprint density at radius 2 is 1.39 bits per heavy atom. The molecule has 0 amide bonds. The van der Waals surface area contributed by atoms with Crippen molar-refractivity contribution in [3.05, 3.63) is 65.7 Å². The molecule has 2 aromatic rings. The van der Waals surface area contributed by atoms with E-state index in [0.29, 0.717) is 5.75 Å². The first-order chi connectivity index (χ1) is 11.3. The van der Waals surface area contributed by atoms with Gasteiger partial charge < -0.3 is 10.0 Å². The van der Waals surface area contributed by atoms with E-state index in [2.05, 4.69) is 40.1 Å². The monoisotopic (exact) mass is 310 g/mol. The Kier molecular flexibility index (Phi) is 5.67. The van der Waals surface area contributed by atoms with Crippen LogP contribution in [0.3, 0.4) is 0 Å². The van der Waals surface area contributed by atoms with Gasteiger partial charge in [0, 0.05) is 32.7 Å². The van der Waals surface area contributed by atoms with Crippen LogP contribution in [0.15, 0.2) is 54.6 Å². The van der Waals surface area contributed by atoms with Gasteiger partial charge in [0.2, 0.25) is 0 Å². The number of aromatic hydroxyl groups is 1. The summed E-state index contributed by atoms with van der Waals surface area (Å²) < 4.78 is 0. The number of hydrogen-bond donors (Lipinski definition) is 1. The van der Waals surface area contributed by atoms with Crippen LogP contribution in [0.1, 0.15) is 17.5 Å². The molecule has 2 aromatic carbocycles. The van der Waals surface area contributed by atoms with Gasteiger partial charge in [0.25, 0.3) is 0 Å². The maximum absolute atomic E-state index is 9.30. The molecule has 23 heavy (non-hydrogen) atoms. The minimum atomic E-state index is 0.350. The molecule has 0 atom stereocenters. The van der Waals surface area contributed by atoms with Gasteiger partial charge in [0.05, 0.1) is 0 Å². The molecule has 1 heterocycles. The molecule has 0 aromatic heterocycles. The molecule has 1 N–H and O–H groups in total. The van der Waals surface area contributed by atoms with E-state index in [0.717, 1.165) is 26.1 Å². The Labute approximate surface area is 139 Å². The fraction of sp³-hybridized carbons (Fsp3) is 0.400. The normalized spacial score (nSPS) is 16.5. The van der Waals surface area contributed by atoms with Gasteiger partial charge in [-0.05, 0) is 42.6 Å². The molecule has 0 aliphatic carbocycles. The van der Waals surface area contributed by atoms with Gasteiger partial charge in [0.15, 0.2) is 0 Å². The van der Waals surface area contributed by atoms with Crippen molar-refractivity contribution in [3.8, 4) is 5.75 Å². The second-order valence-corrected chi connectivity index (χ2v) is 6.37. The van der Waals surface area contributed by atoms with Crippen LogP contribution in [0, 0.1) is 0 Å². The van der Waals surface area contributed by atoms with Crippen molar-refractivity contribution < 1.29 is 5.11 Å². The molecule has 122 valence electrons. The number of nitrogens with zero attached hydrogens (tertiary/aromatic N) is 2. The highest BCUT2D eigenvalue weighted by Crippen LogP contribution is 2.12. The molecule has 0 bridgehead atoms. The Morgan fingerprint density at radius 3 is 2.09 bits per heavy atom. The molecule has 1 fully saturated rings. The quantitative estimate of drug-likeness (QED) is 0.888. The summed E-state index contributed by atoms with van der Waals surface area (Å²) in [6.45, 7) is 6.90. The second-order valence-electron chi connectivity index (χ2n) is 6.37. The van der Waals surface area contributed by atoms with E-state index in [1.165, 1.54) is 37.2 Å².